The van der Waals surface area contributed by atoms with Gasteiger partial charge < -0.3 is 5.32 Å². The van der Waals surface area contributed by atoms with Crippen molar-refractivity contribution in [1.82, 2.24) is 20.0 Å². The molecule has 110 valence electrons. The molecule has 0 spiro atoms. The van der Waals surface area contributed by atoms with Gasteiger partial charge in [0.1, 0.15) is 0 Å². The fourth-order valence-corrected chi connectivity index (χ4v) is 2.86. The molecule has 0 radical (unpaired) electrons. The zero-order valence-electron chi connectivity index (χ0n) is 12.2. The van der Waals surface area contributed by atoms with Crippen LogP contribution in [0.5, 0.6) is 0 Å². The van der Waals surface area contributed by atoms with Gasteiger partial charge in [0.2, 0.25) is 0 Å². The topological polar surface area (TPSA) is 33.1 Å². The van der Waals surface area contributed by atoms with Gasteiger partial charge in [-0.25, -0.2) is 0 Å². The lowest BCUT2D eigenvalue weighted by atomic mass is 10.1. The smallest absolute Gasteiger partial charge is 0.0843 e. The summed E-state index contributed by atoms with van der Waals surface area (Å²) < 4.78 is 2.11. The maximum Gasteiger partial charge on any atom is 0.0843 e. The Morgan fingerprint density at radius 1 is 1.35 bits per heavy atom. The molecule has 20 heavy (non-hydrogen) atoms. The largest absolute Gasteiger partial charge is 0.314 e. The molecular formula is C15H23ClN4. The number of fused-ring (bicyclic) bond motifs is 1. The average Bonchev–Trinajstić information content (AvgIpc) is 2.80. The zero-order valence-corrected chi connectivity index (χ0v) is 13.0. The number of halogens is 1. The first kappa shape index (κ1) is 15.3. The molecule has 0 aliphatic carbocycles. The minimum atomic E-state index is 0. The summed E-state index contributed by atoms with van der Waals surface area (Å²) in [6.45, 7) is 9.58. The Morgan fingerprint density at radius 3 is 2.90 bits per heavy atom. The molecule has 1 aromatic carbocycles. The summed E-state index contributed by atoms with van der Waals surface area (Å²) in [5.41, 5.74) is 2.47. The van der Waals surface area contributed by atoms with E-state index < -0.39 is 0 Å². The van der Waals surface area contributed by atoms with E-state index in [0.29, 0.717) is 6.04 Å². The summed E-state index contributed by atoms with van der Waals surface area (Å²) in [6, 6.07) is 9.13. The maximum absolute atomic E-state index is 4.79. The van der Waals surface area contributed by atoms with Crippen molar-refractivity contribution < 1.29 is 0 Å². The molecule has 1 fully saturated rings. The number of hydrogen-bond acceptors (Lipinski definition) is 3. The predicted molar refractivity (Wildman–Crippen MR) is 85.4 cm³/mol. The Labute approximate surface area is 126 Å². The lowest BCUT2D eigenvalue weighted by Gasteiger charge is -2.33. The number of benzene rings is 1. The van der Waals surface area contributed by atoms with Crippen molar-refractivity contribution in [3.8, 4) is 0 Å². The molecule has 0 amide bonds. The Bertz CT molecular complexity index is 566. The van der Waals surface area contributed by atoms with Gasteiger partial charge in [0.05, 0.1) is 11.2 Å². The van der Waals surface area contributed by atoms with E-state index in [9.17, 15) is 0 Å². The average molecular weight is 295 g/mol. The van der Waals surface area contributed by atoms with E-state index >= 15 is 0 Å². The van der Waals surface area contributed by atoms with E-state index in [1.54, 1.807) is 0 Å². The number of piperazine rings is 1. The van der Waals surface area contributed by atoms with Crippen molar-refractivity contribution in [1.29, 1.82) is 0 Å². The molecule has 1 aliphatic rings. The van der Waals surface area contributed by atoms with Crippen molar-refractivity contribution in [2.24, 2.45) is 0 Å². The molecule has 1 saturated heterocycles. The highest BCUT2D eigenvalue weighted by Gasteiger charge is 2.20. The minimum absolute atomic E-state index is 0. The molecule has 1 aliphatic heterocycles. The number of nitrogens with zero attached hydrogens (tertiary/aromatic N) is 3. The van der Waals surface area contributed by atoms with Gasteiger partial charge >= 0.3 is 0 Å². The normalized spacial score (nSPS) is 20.0. The molecule has 1 aromatic heterocycles. The second-order valence-corrected chi connectivity index (χ2v) is 5.30. The van der Waals surface area contributed by atoms with Crippen LogP contribution in [0.25, 0.3) is 10.9 Å². The van der Waals surface area contributed by atoms with Gasteiger partial charge in [-0.2, -0.15) is 5.10 Å². The van der Waals surface area contributed by atoms with Gasteiger partial charge in [0, 0.05) is 44.2 Å². The number of para-hydroxylation sites is 1. The molecule has 1 N–H and O–H groups in total. The third-order valence-electron chi connectivity index (χ3n) is 4.03. The van der Waals surface area contributed by atoms with Crippen LogP contribution in [0.4, 0.5) is 0 Å². The Balaban J connectivity index is 0.00000147. The van der Waals surface area contributed by atoms with Gasteiger partial charge in [0.25, 0.3) is 0 Å². The van der Waals surface area contributed by atoms with Crippen LogP contribution < -0.4 is 5.32 Å². The lowest BCUT2D eigenvalue weighted by Crippen LogP contribution is -2.49. The van der Waals surface area contributed by atoms with E-state index in [1.165, 1.54) is 16.6 Å². The van der Waals surface area contributed by atoms with Crippen LogP contribution in [0.3, 0.4) is 0 Å². The third-order valence-corrected chi connectivity index (χ3v) is 4.03. The highest BCUT2D eigenvalue weighted by atomic mass is 35.5. The number of hydrogen-bond donors (Lipinski definition) is 1. The molecule has 0 unspecified atom stereocenters. The molecule has 0 saturated carbocycles. The van der Waals surface area contributed by atoms with Crippen molar-refractivity contribution in [3.05, 3.63) is 30.0 Å². The third kappa shape index (κ3) is 2.82. The van der Waals surface area contributed by atoms with E-state index in [0.717, 1.165) is 32.7 Å². The first-order chi connectivity index (χ1) is 9.29. The summed E-state index contributed by atoms with van der Waals surface area (Å²) in [4.78, 5) is 2.52. The van der Waals surface area contributed by atoms with Gasteiger partial charge in [0.15, 0.2) is 0 Å². The van der Waals surface area contributed by atoms with E-state index in [1.807, 2.05) is 0 Å². The molecule has 3 rings (SSSR count). The number of aromatic nitrogens is 2. The van der Waals surface area contributed by atoms with E-state index in [-0.39, 0.29) is 12.4 Å². The monoisotopic (exact) mass is 294 g/mol. The van der Waals surface area contributed by atoms with Gasteiger partial charge in [-0.1, -0.05) is 18.2 Å². The SMILES string of the molecule is CCn1nc(CN2CCNC[C@H]2C)c2ccccc21.Cl. The number of rotatable bonds is 3. The number of nitrogens with one attached hydrogen (secondary N) is 1. The molecule has 5 heteroatoms. The first-order valence-electron chi connectivity index (χ1n) is 7.18. The van der Waals surface area contributed by atoms with Crippen molar-refractivity contribution >= 4 is 23.3 Å². The van der Waals surface area contributed by atoms with Crippen LogP contribution in [0, 0.1) is 0 Å². The predicted octanol–water partition coefficient (Wildman–Crippen LogP) is 2.27. The lowest BCUT2D eigenvalue weighted by molar-refractivity contribution is 0.164. The highest BCUT2D eigenvalue weighted by molar-refractivity contribution is 5.85. The van der Waals surface area contributed by atoms with Crippen molar-refractivity contribution in [2.75, 3.05) is 19.6 Å². The van der Waals surface area contributed by atoms with Crippen LogP contribution in [-0.4, -0.2) is 40.4 Å². The summed E-state index contributed by atoms with van der Waals surface area (Å²) >= 11 is 0. The van der Waals surface area contributed by atoms with E-state index in [2.05, 4.69) is 53.0 Å². The van der Waals surface area contributed by atoms with Crippen LogP contribution in [0.2, 0.25) is 0 Å². The summed E-state index contributed by atoms with van der Waals surface area (Å²) in [6.07, 6.45) is 0. The molecular weight excluding hydrogens is 272 g/mol. The van der Waals surface area contributed by atoms with Crippen molar-refractivity contribution in [2.45, 2.75) is 33.0 Å². The second kappa shape index (κ2) is 6.57. The highest BCUT2D eigenvalue weighted by Crippen LogP contribution is 2.20. The summed E-state index contributed by atoms with van der Waals surface area (Å²) in [7, 11) is 0. The maximum atomic E-state index is 4.79. The fourth-order valence-electron chi connectivity index (χ4n) is 2.86. The zero-order chi connectivity index (χ0) is 13.2. The Hall–Kier alpha value is -1.10. The molecule has 4 nitrogen and oxygen atoms in total. The Kier molecular flexibility index (Phi) is 5.02. The van der Waals surface area contributed by atoms with Crippen LogP contribution in [0.1, 0.15) is 19.5 Å². The number of aryl methyl sites for hydroxylation is 1. The molecule has 0 bridgehead atoms. The van der Waals surface area contributed by atoms with Crippen LogP contribution in [-0.2, 0) is 13.1 Å². The van der Waals surface area contributed by atoms with Crippen LogP contribution >= 0.6 is 12.4 Å². The Morgan fingerprint density at radius 2 is 2.15 bits per heavy atom. The molecule has 1 atom stereocenters. The quantitative estimate of drug-likeness (QED) is 0.943. The van der Waals surface area contributed by atoms with Gasteiger partial charge in [-0.05, 0) is 19.9 Å². The second-order valence-electron chi connectivity index (χ2n) is 5.30. The standard InChI is InChI=1S/C15H22N4.ClH/c1-3-19-15-7-5-4-6-13(15)14(17-19)11-18-9-8-16-10-12(18)2;/h4-7,12,16H,3,8-11H2,1-2H3;1H/t12-;/m1./s1. The summed E-state index contributed by atoms with van der Waals surface area (Å²) in [5, 5.41) is 9.53. The van der Waals surface area contributed by atoms with Crippen LogP contribution in [0.15, 0.2) is 24.3 Å². The van der Waals surface area contributed by atoms with Crippen molar-refractivity contribution in [3.63, 3.8) is 0 Å². The van der Waals surface area contributed by atoms with E-state index in [4.69, 9.17) is 5.10 Å². The summed E-state index contributed by atoms with van der Waals surface area (Å²) in [5.74, 6) is 0. The van der Waals surface area contributed by atoms with Gasteiger partial charge in [-0.3, -0.25) is 9.58 Å². The fraction of sp³-hybridized carbons (Fsp3) is 0.533. The first-order valence-corrected chi connectivity index (χ1v) is 7.18. The van der Waals surface area contributed by atoms with Gasteiger partial charge in [-0.15, -0.1) is 12.4 Å². The molecule has 2 aromatic rings. The molecule has 2 heterocycles. The minimum Gasteiger partial charge on any atom is -0.314 e.